The molecule has 0 amide bonds. The highest BCUT2D eigenvalue weighted by Crippen LogP contribution is 2.48. The number of hydrogen-bond acceptors (Lipinski definition) is 2. The molecule has 2 aromatic carbocycles. The number of hydrogen-bond donors (Lipinski definition) is 2. The third kappa shape index (κ3) is 1.26. The van der Waals surface area contributed by atoms with Crippen molar-refractivity contribution in [2.75, 3.05) is 11.5 Å². The Kier molecular flexibility index (Phi) is 1.81. The van der Waals surface area contributed by atoms with Crippen LogP contribution in [-0.2, 0) is 5.41 Å². The van der Waals surface area contributed by atoms with Crippen molar-refractivity contribution >= 4 is 23.5 Å². The minimum absolute atomic E-state index is 0.185. The fourth-order valence-corrected chi connectivity index (χ4v) is 3.16. The molecule has 0 fully saturated rings. The van der Waals surface area contributed by atoms with Crippen molar-refractivity contribution in [2.45, 2.75) is 5.41 Å². The number of nitrogen functional groups attached to an aromatic ring is 2. The van der Waals surface area contributed by atoms with Crippen molar-refractivity contribution in [2.24, 2.45) is 0 Å². The molecule has 4 rings (SSSR count). The average Bonchev–Trinajstić information content (AvgIpc) is 2.94. The van der Waals surface area contributed by atoms with Crippen molar-refractivity contribution < 1.29 is 0 Å². The van der Waals surface area contributed by atoms with E-state index >= 15 is 0 Å². The van der Waals surface area contributed by atoms with Gasteiger partial charge in [0.05, 0.1) is 5.41 Å². The molecule has 1 spiro atoms. The molecule has 2 nitrogen and oxygen atoms in total. The highest BCUT2D eigenvalue weighted by atomic mass is 14.6. The summed E-state index contributed by atoms with van der Waals surface area (Å²) >= 11 is 0. The Bertz CT molecular complexity index is 688. The molecule has 2 heteroatoms. The molecular weight excluding hydrogens is 232 g/mol. The molecule has 2 aromatic rings. The molecule has 0 bridgehead atoms. The van der Waals surface area contributed by atoms with Gasteiger partial charge in [0.15, 0.2) is 0 Å². The van der Waals surface area contributed by atoms with Crippen LogP contribution in [-0.4, -0.2) is 0 Å². The second kappa shape index (κ2) is 3.29. The normalized spacial score (nSPS) is 16.8. The van der Waals surface area contributed by atoms with Gasteiger partial charge in [0.25, 0.3) is 0 Å². The van der Waals surface area contributed by atoms with E-state index in [0.717, 1.165) is 11.4 Å². The molecule has 2 aliphatic rings. The topological polar surface area (TPSA) is 52.0 Å². The molecule has 0 aliphatic heterocycles. The molecule has 0 heterocycles. The van der Waals surface area contributed by atoms with Gasteiger partial charge >= 0.3 is 0 Å². The molecule has 0 unspecified atom stereocenters. The van der Waals surface area contributed by atoms with E-state index in [4.69, 9.17) is 11.5 Å². The zero-order valence-electron chi connectivity index (χ0n) is 10.4. The fourth-order valence-electron chi connectivity index (χ4n) is 3.16. The minimum atomic E-state index is -0.185. The Morgan fingerprint density at radius 3 is 1.63 bits per heavy atom. The maximum atomic E-state index is 5.96. The van der Waals surface area contributed by atoms with Crippen LogP contribution in [0.1, 0.15) is 22.3 Å². The first-order chi connectivity index (χ1) is 9.19. The first kappa shape index (κ1) is 10.4. The molecular formula is C17H14N2. The van der Waals surface area contributed by atoms with Gasteiger partial charge in [-0.15, -0.1) is 0 Å². The van der Waals surface area contributed by atoms with E-state index < -0.39 is 0 Å². The number of allylic oxidation sites excluding steroid dienone is 2. The lowest BCUT2D eigenvalue weighted by Gasteiger charge is -2.24. The largest absolute Gasteiger partial charge is 0.399 e. The summed E-state index contributed by atoms with van der Waals surface area (Å²) < 4.78 is 0. The maximum Gasteiger partial charge on any atom is 0.0582 e. The van der Waals surface area contributed by atoms with E-state index in [2.05, 4.69) is 48.6 Å². The molecule has 92 valence electrons. The molecule has 4 N–H and O–H groups in total. The number of fused-ring (bicyclic) bond motifs is 4. The number of benzene rings is 2. The summed E-state index contributed by atoms with van der Waals surface area (Å²) in [5, 5.41) is 0. The third-order valence-electron chi connectivity index (χ3n) is 4.10. The van der Waals surface area contributed by atoms with Crippen LogP contribution in [0.2, 0.25) is 0 Å². The Labute approximate surface area is 112 Å². The highest BCUT2D eigenvalue weighted by molar-refractivity contribution is 5.81. The van der Waals surface area contributed by atoms with Gasteiger partial charge in [0.1, 0.15) is 0 Å². The fraction of sp³-hybridized carbons (Fsp3) is 0.0588. The van der Waals surface area contributed by atoms with Crippen LogP contribution < -0.4 is 11.5 Å². The number of nitrogens with two attached hydrogens (primary N) is 2. The summed E-state index contributed by atoms with van der Waals surface area (Å²) in [5.74, 6) is 0. The number of rotatable bonds is 0. The zero-order valence-corrected chi connectivity index (χ0v) is 10.4. The van der Waals surface area contributed by atoms with E-state index in [-0.39, 0.29) is 5.41 Å². The molecule has 0 radical (unpaired) electrons. The first-order valence-electron chi connectivity index (χ1n) is 6.37. The van der Waals surface area contributed by atoms with Gasteiger partial charge in [-0.25, -0.2) is 0 Å². The van der Waals surface area contributed by atoms with E-state index in [0.29, 0.717) is 0 Å². The molecule has 0 atom stereocenters. The Hall–Kier alpha value is -2.48. The van der Waals surface area contributed by atoms with Crippen LogP contribution in [0.3, 0.4) is 0 Å². The van der Waals surface area contributed by atoms with Crippen molar-refractivity contribution in [1.82, 2.24) is 0 Å². The monoisotopic (exact) mass is 246 g/mol. The second-order valence-corrected chi connectivity index (χ2v) is 5.23. The van der Waals surface area contributed by atoms with Crippen LogP contribution in [0.5, 0.6) is 0 Å². The summed E-state index contributed by atoms with van der Waals surface area (Å²) in [6.45, 7) is 0. The summed E-state index contributed by atoms with van der Waals surface area (Å²) in [4.78, 5) is 0. The summed E-state index contributed by atoms with van der Waals surface area (Å²) in [5.41, 5.74) is 18.3. The molecule has 0 saturated heterocycles. The van der Waals surface area contributed by atoms with E-state index in [1.807, 2.05) is 12.1 Å². The van der Waals surface area contributed by atoms with Gasteiger partial charge in [-0.05, 0) is 46.5 Å². The van der Waals surface area contributed by atoms with Crippen LogP contribution in [0.4, 0.5) is 11.4 Å². The van der Waals surface area contributed by atoms with Crippen LogP contribution in [0.15, 0.2) is 48.6 Å². The Balaban J connectivity index is 2.02. The van der Waals surface area contributed by atoms with Gasteiger partial charge in [0, 0.05) is 11.4 Å². The van der Waals surface area contributed by atoms with Crippen molar-refractivity contribution in [3.05, 3.63) is 70.8 Å². The van der Waals surface area contributed by atoms with Crippen LogP contribution in [0.25, 0.3) is 12.2 Å². The predicted octanol–water partition coefficient (Wildman–Crippen LogP) is 3.19. The van der Waals surface area contributed by atoms with E-state index in [1.165, 1.54) is 22.3 Å². The molecule has 0 saturated carbocycles. The Morgan fingerprint density at radius 2 is 1.16 bits per heavy atom. The van der Waals surface area contributed by atoms with E-state index in [1.54, 1.807) is 0 Å². The van der Waals surface area contributed by atoms with Gasteiger partial charge < -0.3 is 11.5 Å². The van der Waals surface area contributed by atoms with Gasteiger partial charge in [-0.1, -0.05) is 36.4 Å². The number of anilines is 2. The zero-order chi connectivity index (χ0) is 13.0. The average molecular weight is 246 g/mol. The minimum Gasteiger partial charge on any atom is -0.399 e. The smallest absolute Gasteiger partial charge is 0.0582 e. The quantitative estimate of drug-likeness (QED) is 0.701. The molecule has 2 aliphatic carbocycles. The van der Waals surface area contributed by atoms with Crippen molar-refractivity contribution in [3.63, 3.8) is 0 Å². The predicted molar refractivity (Wildman–Crippen MR) is 80.6 cm³/mol. The molecule has 19 heavy (non-hydrogen) atoms. The van der Waals surface area contributed by atoms with Crippen molar-refractivity contribution in [3.8, 4) is 0 Å². The first-order valence-corrected chi connectivity index (χ1v) is 6.37. The summed E-state index contributed by atoms with van der Waals surface area (Å²) in [6, 6.07) is 12.2. The van der Waals surface area contributed by atoms with Gasteiger partial charge in [-0.3, -0.25) is 0 Å². The van der Waals surface area contributed by atoms with Crippen LogP contribution in [0, 0.1) is 0 Å². The highest BCUT2D eigenvalue weighted by Gasteiger charge is 2.38. The maximum absolute atomic E-state index is 5.96. The Morgan fingerprint density at radius 1 is 0.684 bits per heavy atom. The second-order valence-electron chi connectivity index (χ2n) is 5.23. The van der Waals surface area contributed by atoms with Crippen molar-refractivity contribution in [1.29, 1.82) is 0 Å². The third-order valence-corrected chi connectivity index (χ3v) is 4.10. The van der Waals surface area contributed by atoms with E-state index in [9.17, 15) is 0 Å². The van der Waals surface area contributed by atoms with Gasteiger partial charge in [-0.2, -0.15) is 0 Å². The summed E-state index contributed by atoms with van der Waals surface area (Å²) in [7, 11) is 0. The van der Waals surface area contributed by atoms with Crippen LogP contribution >= 0.6 is 0 Å². The standard InChI is InChI=1S/C17H14N2/c18-13-3-1-11-5-7-17(15(11)9-13)8-6-12-2-4-14(19)10-16(12)17/h1-10H,18-19H2. The lowest BCUT2D eigenvalue weighted by molar-refractivity contribution is 0.852. The lowest BCUT2D eigenvalue weighted by atomic mass is 9.78. The SMILES string of the molecule is Nc1ccc2c(c1)C1(C=C2)C=Cc2ccc(N)cc21. The molecule has 0 aromatic heterocycles. The summed E-state index contributed by atoms with van der Waals surface area (Å²) in [6.07, 6.45) is 8.80. The van der Waals surface area contributed by atoms with Gasteiger partial charge in [0.2, 0.25) is 0 Å². The lowest BCUT2D eigenvalue weighted by Crippen LogP contribution is -2.19.